The van der Waals surface area contributed by atoms with Crippen molar-refractivity contribution in [2.24, 2.45) is 23.2 Å². The molecule has 0 radical (unpaired) electrons. The first-order chi connectivity index (χ1) is 26.8. The number of benzene rings is 2. The van der Waals surface area contributed by atoms with Crippen LogP contribution in [0.25, 0.3) is 0 Å². The molecule has 6 amide bonds. The summed E-state index contributed by atoms with van der Waals surface area (Å²) in [6.45, 7) is 12.7. The Kier molecular flexibility index (Phi) is 12.9. The number of ether oxygens (including phenoxy) is 1. The van der Waals surface area contributed by atoms with Crippen molar-refractivity contribution in [3.63, 3.8) is 0 Å². The zero-order valence-corrected chi connectivity index (χ0v) is 33.9. The van der Waals surface area contributed by atoms with Crippen molar-refractivity contribution < 1.29 is 38.3 Å². The predicted octanol–water partition coefficient (Wildman–Crippen LogP) is 2.86. The van der Waals surface area contributed by atoms with Gasteiger partial charge in [-0.15, -0.1) is 6.58 Å². The van der Waals surface area contributed by atoms with Crippen molar-refractivity contribution in [3.8, 4) is 0 Å². The largest absolute Gasteiger partial charge is 0.444 e. The number of nitrogens with one attached hydrogen (secondary N) is 4. The summed E-state index contributed by atoms with van der Waals surface area (Å²) in [5, 5.41) is 10.6. The Morgan fingerprint density at radius 2 is 1.54 bits per heavy atom. The number of carbonyl (C=O) groups excluding carboxylic acids is 7. The number of likely N-dealkylation sites (N-methyl/N-ethyl adjacent to an activating group) is 1. The van der Waals surface area contributed by atoms with E-state index in [9.17, 15) is 33.6 Å². The molecule has 306 valence electrons. The van der Waals surface area contributed by atoms with Gasteiger partial charge in [0.15, 0.2) is 0 Å². The molecule has 2 aliphatic carbocycles. The van der Waals surface area contributed by atoms with E-state index in [-0.39, 0.29) is 48.5 Å². The number of ketones is 1. The normalized spacial score (nSPS) is 20.8. The Bertz CT molecular complexity index is 1860. The first-order valence-corrected chi connectivity index (χ1v) is 19.5. The number of hydrogen-bond acceptors (Lipinski definition) is 8. The fourth-order valence-corrected chi connectivity index (χ4v) is 8.26. The summed E-state index contributed by atoms with van der Waals surface area (Å²) in [7, 11) is 3.11. The quantitative estimate of drug-likeness (QED) is 0.157. The lowest BCUT2D eigenvalue weighted by Crippen LogP contribution is -2.60. The molecule has 1 saturated heterocycles. The maximum absolute atomic E-state index is 14.6. The Hall–Kier alpha value is -5.53. The monoisotopic (exact) mass is 784 g/mol. The van der Waals surface area contributed by atoms with Crippen LogP contribution in [0.4, 0.5) is 4.79 Å². The Balaban J connectivity index is 1.30. The van der Waals surface area contributed by atoms with E-state index in [2.05, 4.69) is 27.8 Å². The molecule has 1 aliphatic heterocycles. The molecule has 14 nitrogen and oxygen atoms in total. The van der Waals surface area contributed by atoms with Crippen LogP contribution in [-0.4, -0.2) is 102 Å². The third kappa shape index (κ3) is 9.89. The van der Waals surface area contributed by atoms with Gasteiger partial charge in [0.2, 0.25) is 29.4 Å². The van der Waals surface area contributed by atoms with Gasteiger partial charge in [-0.05, 0) is 86.3 Å². The average Bonchev–Trinajstić information content (AvgIpc) is 3.51. The summed E-state index contributed by atoms with van der Waals surface area (Å²) >= 11 is 0. The molecule has 4 N–H and O–H groups in total. The Morgan fingerprint density at radius 3 is 2.12 bits per heavy atom. The molecule has 6 atom stereocenters. The van der Waals surface area contributed by atoms with E-state index >= 15 is 0 Å². The lowest BCUT2D eigenvalue weighted by atomic mass is 9.93. The third-order valence-corrected chi connectivity index (χ3v) is 11.3. The van der Waals surface area contributed by atoms with Crippen LogP contribution in [0, 0.1) is 23.2 Å². The van der Waals surface area contributed by atoms with Crippen LogP contribution >= 0.6 is 0 Å². The van der Waals surface area contributed by atoms with E-state index in [1.54, 1.807) is 71.3 Å². The zero-order chi connectivity index (χ0) is 41.8. The minimum atomic E-state index is -1.29. The van der Waals surface area contributed by atoms with E-state index in [1.165, 1.54) is 9.80 Å². The highest BCUT2D eigenvalue weighted by atomic mass is 16.6. The lowest BCUT2D eigenvalue weighted by molar-refractivity contribution is -0.145. The fraction of sp³-hybridized carbons (Fsp3) is 0.512. The molecule has 0 aromatic heterocycles. The van der Waals surface area contributed by atoms with Crippen LogP contribution in [0.2, 0.25) is 0 Å². The van der Waals surface area contributed by atoms with Crippen LogP contribution in [0.3, 0.4) is 0 Å². The lowest BCUT2D eigenvalue weighted by Gasteiger charge is -2.35. The number of nitrogens with zero attached hydrogens (tertiary/aromatic N) is 2. The topological polar surface area (TPSA) is 183 Å². The third-order valence-electron chi connectivity index (χ3n) is 11.3. The molecular weight excluding hydrogens is 729 g/mol. The fourth-order valence-electron chi connectivity index (χ4n) is 8.26. The highest BCUT2D eigenvalue weighted by Crippen LogP contribution is 2.65. The zero-order valence-electron chi connectivity index (χ0n) is 33.9. The number of Topliss-reactive ketones (excluding diaryl/α,β-unsaturated/α-hetero) is 1. The van der Waals surface area contributed by atoms with Gasteiger partial charge in [-0.1, -0.05) is 74.5 Å². The Morgan fingerprint density at radius 1 is 0.930 bits per heavy atom. The van der Waals surface area contributed by atoms with Gasteiger partial charge in [0.25, 0.3) is 5.91 Å². The van der Waals surface area contributed by atoms with Crippen LogP contribution in [0.5, 0.6) is 0 Å². The molecule has 2 aromatic carbocycles. The number of likely N-dealkylation sites (tertiary alicyclic amines) is 1. The average molecular weight is 785 g/mol. The van der Waals surface area contributed by atoms with Crippen molar-refractivity contribution in [3.05, 3.63) is 83.9 Å². The van der Waals surface area contributed by atoms with Crippen molar-refractivity contribution in [2.45, 2.75) is 90.1 Å². The number of piperidine rings is 1. The molecule has 1 unspecified atom stereocenters. The van der Waals surface area contributed by atoms with E-state index in [0.717, 1.165) is 11.1 Å². The maximum atomic E-state index is 14.6. The molecule has 14 heteroatoms. The van der Waals surface area contributed by atoms with Crippen molar-refractivity contribution >= 4 is 41.4 Å². The summed E-state index contributed by atoms with van der Waals surface area (Å²) in [6.07, 6.45) is 2.25. The Labute approximate surface area is 334 Å². The smallest absolute Gasteiger partial charge is 0.408 e. The second kappa shape index (κ2) is 17.3. The molecule has 1 saturated carbocycles. The van der Waals surface area contributed by atoms with Gasteiger partial charge < -0.3 is 35.8 Å². The van der Waals surface area contributed by atoms with Gasteiger partial charge in [0, 0.05) is 20.6 Å². The summed E-state index contributed by atoms with van der Waals surface area (Å²) < 4.78 is 5.56. The molecule has 2 fully saturated rings. The van der Waals surface area contributed by atoms with Gasteiger partial charge >= 0.3 is 6.09 Å². The van der Waals surface area contributed by atoms with Crippen LogP contribution in [-0.2, 0) is 46.3 Å². The van der Waals surface area contributed by atoms with E-state index < -0.39 is 71.8 Å². The molecule has 0 spiro atoms. The molecule has 57 heavy (non-hydrogen) atoms. The highest BCUT2D eigenvalue weighted by Gasteiger charge is 2.70. The van der Waals surface area contributed by atoms with Gasteiger partial charge in [0.05, 0.1) is 12.6 Å². The highest BCUT2D eigenvalue weighted by molar-refractivity contribution is 6.38. The second-order valence-corrected chi connectivity index (χ2v) is 17.1. The second-order valence-electron chi connectivity index (χ2n) is 17.1. The predicted molar refractivity (Wildman–Crippen MR) is 212 cm³/mol. The van der Waals surface area contributed by atoms with Crippen LogP contribution in [0.1, 0.15) is 70.2 Å². The first kappa shape index (κ1) is 42.6. The molecular formula is C43H56N6O8. The number of amides is 6. The van der Waals surface area contributed by atoms with E-state index in [1.807, 2.05) is 38.1 Å². The summed E-state index contributed by atoms with van der Waals surface area (Å²) in [5.41, 5.74) is 1.64. The summed E-state index contributed by atoms with van der Waals surface area (Å²) in [5.74, 6) is -4.67. The van der Waals surface area contributed by atoms with Crippen LogP contribution < -0.4 is 21.3 Å². The van der Waals surface area contributed by atoms with E-state index in [4.69, 9.17) is 4.74 Å². The van der Waals surface area contributed by atoms with Gasteiger partial charge in [-0.25, -0.2) is 4.79 Å². The number of hydrogen-bond donors (Lipinski definition) is 4. The van der Waals surface area contributed by atoms with Gasteiger partial charge in [-0.3, -0.25) is 28.8 Å². The van der Waals surface area contributed by atoms with Crippen molar-refractivity contribution in [2.75, 3.05) is 27.2 Å². The molecule has 3 aliphatic rings. The van der Waals surface area contributed by atoms with E-state index in [0.29, 0.717) is 18.4 Å². The number of fused-ring (bicyclic) bond motifs is 2. The van der Waals surface area contributed by atoms with Crippen LogP contribution in [0.15, 0.2) is 67.3 Å². The number of alkyl carbamates (subject to hydrolysis) is 1. The maximum Gasteiger partial charge on any atom is 0.408 e. The van der Waals surface area contributed by atoms with Crippen molar-refractivity contribution in [1.82, 2.24) is 31.1 Å². The SMILES string of the molecule is C=CCCC(NC(=O)[C@@H]1[C@@H]2[C@H](CN1C(=O)[C@@H](NC(=O)OC(C)(C)C)C1Cc3ccccc3C1)C2(C)C)C(=O)C(=O)NCC(=O)N[C@H](C(=O)N(C)C)c1ccccc1. The minimum Gasteiger partial charge on any atom is -0.444 e. The molecule has 2 aromatic rings. The number of carbonyl (C=O) groups is 7. The number of rotatable bonds is 15. The standard InChI is InChI=1S/C43H56N6O8/c1-9-10-20-30(36(51)38(53)44-23-31(50)46-33(39(54)48(7)8)25-16-12-11-13-17-25)45-37(52)35-32-29(43(32,5)6)24-49(35)40(55)34(47-41(56)57-42(2,3)4)28-21-26-18-14-15-19-27(26)22-28/h9,11-19,28-30,32-35H,1,10,20-24H2,2-8H3,(H,44,53)(H,45,52)(H,46,50)(H,47,56)/t29-,30?,32-,33-,34-,35-/m0/s1. The number of allylic oxidation sites excluding steroid dienone is 1. The summed E-state index contributed by atoms with van der Waals surface area (Å²) in [6, 6.07) is 12.2. The van der Waals surface area contributed by atoms with Gasteiger partial charge in [-0.2, -0.15) is 0 Å². The first-order valence-electron chi connectivity index (χ1n) is 19.5. The minimum absolute atomic E-state index is 0.00313. The summed E-state index contributed by atoms with van der Waals surface area (Å²) in [4.78, 5) is 97.7. The molecule has 1 heterocycles. The van der Waals surface area contributed by atoms with Gasteiger partial charge in [0.1, 0.15) is 23.7 Å². The molecule has 5 rings (SSSR count). The van der Waals surface area contributed by atoms with Crippen molar-refractivity contribution in [1.29, 1.82) is 0 Å². The molecule has 0 bridgehead atoms.